The second-order valence-corrected chi connectivity index (χ2v) is 3.44. The SMILES string of the molecule is COc1ccc(C(O)C(F)(F)C(=O)O)c(OC)c1. The molecule has 7 heteroatoms. The number of aliphatic hydroxyl groups is 1. The third kappa shape index (κ3) is 2.51. The molecule has 0 aliphatic carbocycles. The standard InChI is InChI=1S/C11H12F2O5/c1-17-6-3-4-7(8(5-6)18-2)9(14)11(12,13)10(15)16/h3-5,9,14H,1-2H3,(H,15,16). The normalized spacial score (nSPS) is 12.9. The summed E-state index contributed by atoms with van der Waals surface area (Å²) in [4.78, 5) is 10.4. The third-order valence-electron chi connectivity index (χ3n) is 2.36. The number of aliphatic carboxylic acids is 1. The molecule has 0 fully saturated rings. The van der Waals surface area contributed by atoms with E-state index in [1.165, 1.54) is 26.4 Å². The first-order chi connectivity index (χ1) is 8.34. The van der Waals surface area contributed by atoms with Crippen LogP contribution in [-0.2, 0) is 4.79 Å². The Morgan fingerprint density at radius 3 is 2.39 bits per heavy atom. The van der Waals surface area contributed by atoms with Gasteiger partial charge in [-0.2, -0.15) is 8.78 Å². The molecule has 0 amide bonds. The number of benzene rings is 1. The fraction of sp³-hybridized carbons (Fsp3) is 0.364. The highest BCUT2D eigenvalue weighted by Gasteiger charge is 2.48. The molecular formula is C11H12F2O5. The number of hydrogen-bond donors (Lipinski definition) is 2. The zero-order valence-corrected chi connectivity index (χ0v) is 9.68. The van der Waals surface area contributed by atoms with Crippen molar-refractivity contribution in [2.45, 2.75) is 12.0 Å². The summed E-state index contributed by atoms with van der Waals surface area (Å²) < 4.78 is 36.1. The minimum Gasteiger partial charge on any atom is -0.497 e. The number of aliphatic hydroxyl groups excluding tert-OH is 1. The molecule has 0 aliphatic rings. The zero-order valence-electron chi connectivity index (χ0n) is 9.68. The minimum atomic E-state index is -4.30. The van der Waals surface area contributed by atoms with Gasteiger partial charge in [0.1, 0.15) is 11.5 Å². The minimum absolute atomic E-state index is 0.0808. The highest BCUT2D eigenvalue weighted by atomic mass is 19.3. The summed E-state index contributed by atoms with van der Waals surface area (Å²) in [5.41, 5.74) is -0.328. The van der Waals surface area contributed by atoms with E-state index in [2.05, 4.69) is 0 Å². The average molecular weight is 262 g/mol. The van der Waals surface area contributed by atoms with Gasteiger partial charge in [-0.3, -0.25) is 0 Å². The molecule has 0 aromatic heterocycles. The van der Waals surface area contributed by atoms with E-state index in [1.54, 1.807) is 0 Å². The molecule has 0 saturated carbocycles. The first-order valence-electron chi connectivity index (χ1n) is 4.85. The molecule has 1 rings (SSSR count). The first kappa shape index (κ1) is 14.2. The maximum atomic E-state index is 13.2. The van der Waals surface area contributed by atoms with Crippen LogP contribution >= 0.6 is 0 Å². The Balaban J connectivity index is 3.20. The summed E-state index contributed by atoms with van der Waals surface area (Å²) in [5, 5.41) is 17.8. The maximum Gasteiger partial charge on any atom is 0.377 e. The van der Waals surface area contributed by atoms with Crippen molar-refractivity contribution in [1.82, 2.24) is 0 Å². The van der Waals surface area contributed by atoms with Gasteiger partial charge in [0.05, 0.1) is 14.2 Å². The van der Waals surface area contributed by atoms with Crippen LogP contribution < -0.4 is 9.47 Å². The topological polar surface area (TPSA) is 76.0 Å². The van der Waals surface area contributed by atoms with E-state index < -0.39 is 18.0 Å². The van der Waals surface area contributed by atoms with Crippen molar-refractivity contribution in [3.63, 3.8) is 0 Å². The van der Waals surface area contributed by atoms with Gasteiger partial charge in [-0.15, -0.1) is 0 Å². The fourth-order valence-electron chi connectivity index (χ4n) is 1.36. The Morgan fingerprint density at radius 2 is 1.94 bits per heavy atom. The lowest BCUT2D eigenvalue weighted by Gasteiger charge is -2.20. The van der Waals surface area contributed by atoms with Crippen LogP contribution in [0.5, 0.6) is 11.5 Å². The van der Waals surface area contributed by atoms with E-state index in [9.17, 15) is 18.7 Å². The summed E-state index contributed by atoms with van der Waals surface area (Å²) in [6, 6.07) is 3.72. The Hall–Kier alpha value is -1.89. The van der Waals surface area contributed by atoms with Crippen molar-refractivity contribution in [2.24, 2.45) is 0 Å². The van der Waals surface area contributed by atoms with Crippen LogP contribution in [0.25, 0.3) is 0 Å². The Morgan fingerprint density at radius 1 is 1.33 bits per heavy atom. The van der Waals surface area contributed by atoms with Gasteiger partial charge in [0.15, 0.2) is 6.10 Å². The quantitative estimate of drug-likeness (QED) is 0.840. The number of hydrogen-bond acceptors (Lipinski definition) is 4. The van der Waals surface area contributed by atoms with E-state index in [0.29, 0.717) is 5.75 Å². The molecule has 1 aromatic rings. The van der Waals surface area contributed by atoms with Gasteiger partial charge >= 0.3 is 11.9 Å². The van der Waals surface area contributed by atoms with Gasteiger partial charge in [0.25, 0.3) is 0 Å². The van der Waals surface area contributed by atoms with Crippen molar-refractivity contribution < 1.29 is 33.3 Å². The van der Waals surface area contributed by atoms with Crippen LogP contribution in [0.1, 0.15) is 11.7 Å². The van der Waals surface area contributed by atoms with Crippen molar-refractivity contribution in [3.05, 3.63) is 23.8 Å². The number of ether oxygens (including phenoxy) is 2. The van der Waals surface area contributed by atoms with Crippen LogP contribution in [0.2, 0.25) is 0 Å². The largest absolute Gasteiger partial charge is 0.497 e. The lowest BCUT2D eigenvalue weighted by molar-refractivity contribution is -0.183. The first-order valence-corrected chi connectivity index (χ1v) is 4.85. The number of carbonyl (C=O) groups is 1. The van der Waals surface area contributed by atoms with Gasteiger partial charge in [-0.1, -0.05) is 0 Å². The average Bonchev–Trinajstić information content (AvgIpc) is 2.36. The van der Waals surface area contributed by atoms with E-state index in [0.717, 1.165) is 6.07 Å². The summed E-state index contributed by atoms with van der Waals surface area (Å²) in [5.74, 6) is -6.46. The number of halogens is 2. The molecule has 1 aromatic carbocycles. The molecule has 5 nitrogen and oxygen atoms in total. The lowest BCUT2D eigenvalue weighted by Crippen LogP contribution is -2.35. The van der Waals surface area contributed by atoms with Gasteiger partial charge < -0.3 is 19.7 Å². The number of methoxy groups -OCH3 is 2. The van der Waals surface area contributed by atoms with Crippen LogP contribution in [0.3, 0.4) is 0 Å². The van der Waals surface area contributed by atoms with Gasteiger partial charge in [-0.05, 0) is 12.1 Å². The van der Waals surface area contributed by atoms with Crippen LogP contribution in [0.15, 0.2) is 18.2 Å². The monoisotopic (exact) mass is 262 g/mol. The smallest absolute Gasteiger partial charge is 0.377 e. The summed E-state index contributed by atoms with van der Waals surface area (Å²) in [7, 11) is 2.58. The van der Waals surface area contributed by atoms with Crippen molar-refractivity contribution in [2.75, 3.05) is 14.2 Å². The molecule has 100 valence electrons. The van der Waals surface area contributed by atoms with Crippen LogP contribution in [0, 0.1) is 0 Å². The Kier molecular flexibility index (Phi) is 4.07. The predicted octanol–water partition coefficient (Wildman–Crippen LogP) is 1.46. The Labute approximate surface area is 102 Å². The zero-order chi connectivity index (χ0) is 13.9. The molecule has 1 atom stereocenters. The van der Waals surface area contributed by atoms with Crippen molar-refractivity contribution in [3.8, 4) is 11.5 Å². The van der Waals surface area contributed by atoms with E-state index in [-0.39, 0.29) is 11.3 Å². The molecule has 0 bridgehead atoms. The number of carboxylic acids is 1. The van der Waals surface area contributed by atoms with E-state index in [1.807, 2.05) is 0 Å². The number of carboxylic acid groups (broad SMARTS) is 1. The second kappa shape index (κ2) is 5.18. The Bertz CT molecular complexity index is 447. The van der Waals surface area contributed by atoms with E-state index in [4.69, 9.17) is 14.6 Å². The fourth-order valence-corrected chi connectivity index (χ4v) is 1.36. The summed E-state index contributed by atoms with van der Waals surface area (Å²) >= 11 is 0. The lowest BCUT2D eigenvalue weighted by atomic mass is 10.0. The highest BCUT2D eigenvalue weighted by Crippen LogP contribution is 2.37. The van der Waals surface area contributed by atoms with Crippen LogP contribution in [0.4, 0.5) is 8.78 Å². The molecule has 18 heavy (non-hydrogen) atoms. The number of rotatable bonds is 5. The number of alkyl halides is 2. The summed E-state index contributed by atoms with van der Waals surface area (Å²) in [6.45, 7) is 0. The van der Waals surface area contributed by atoms with Crippen molar-refractivity contribution in [1.29, 1.82) is 0 Å². The van der Waals surface area contributed by atoms with E-state index >= 15 is 0 Å². The van der Waals surface area contributed by atoms with Gasteiger partial charge in [0, 0.05) is 11.6 Å². The molecule has 0 aliphatic heterocycles. The maximum absolute atomic E-state index is 13.2. The molecule has 1 unspecified atom stereocenters. The van der Waals surface area contributed by atoms with Crippen molar-refractivity contribution >= 4 is 5.97 Å². The molecule has 0 saturated heterocycles. The molecule has 2 N–H and O–H groups in total. The van der Waals surface area contributed by atoms with Gasteiger partial charge in [-0.25, -0.2) is 4.79 Å². The summed E-state index contributed by atoms with van der Waals surface area (Å²) in [6.07, 6.45) is -2.50. The molecule has 0 spiro atoms. The molecular weight excluding hydrogens is 250 g/mol. The van der Waals surface area contributed by atoms with Crippen LogP contribution in [-0.4, -0.2) is 36.3 Å². The van der Waals surface area contributed by atoms with Gasteiger partial charge in [0.2, 0.25) is 0 Å². The molecule has 0 heterocycles. The molecule has 0 radical (unpaired) electrons. The predicted molar refractivity (Wildman–Crippen MR) is 57.1 cm³/mol. The second-order valence-electron chi connectivity index (χ2n) is 3.44. The highest BCUT2D eigenvalue weighted by molar-refractivity contribution is 5.76. The third-order valence-corrected chi connectivity index (χ3v) is 2.36.